The van der Waals surface area contributed by atoms with Crippen molar-refractivity contribution >= 4 is 5.91 Å². The van der Waals surface area contributed by atoms with Crippen LogP contribution in [-0.2, 0) is 16.0 Å². The highest BCUT2D eigenvalue weighted by Gasteiger charge is 2.20. The molecule has 0 bridgehead atoms. The highest BCUT2D eigenvalue weighted by atomic mass is 19.1. The van der Waals surface area contributed by atoms with E-state index in [2.05, 4.69) is 5.32 Å². The smallest absolute Gasteiger partial charge is 0.239 e. The summed E-state index contributed by atoms with van der Waals surface area (Å²) in [5, 5.41) is 2.78. The number of nitrogens with two attached hydrogens (primary N) is 1. The number of halogens is 2. The molecule has 0 saturated carbocycles. The number of benzene rings is 2. The second-order valence-corrected chi connectivity index (χ2v) is 5.51. The fourth-order valence-electron chi connectivity index (χ4n) is 2.41. The third-order valence-electron chi connectivity index (χ3n) is 3.58. The van der Waals surface area contributed by atoms with Crippen LogP contribution in [0.5, 0.6) is 0 Å². The van der Waals surface area contributed by atoms with Crippen LogP contribution in [0.1, 0.15) is 17.2 Å². The van der Waals surface area contributed by atoms with E-state index in [1.54, 1.807) is 24.3 Å². The van der Waals surface area contributed by atoms with E-state index in [4.69, 9.17) is 10.5 Å². The van der Waals surface area contributed by atoms with Gasteiger partial charge in [-0.15, -0.1) is 0 Å². The summed E-state index contributed by atoms with van der Waals surface area (Å²) in [5.74, 6) is -1.19. The first-order chi connectivity index (χ1) is 11.5. The van der Waals surface area contributed by atoms with Gasteiger partial charge in [0.25, 0.3) is 0 Å². The largest absolute Gasteiger partial charge is 0.383 e. The molecule has 2 aromatic rings. The number of rotatable bonds is 7. The van der Waals surface area contributed by atoms with E-state index in [1.165, 1.54) is 31.4 Å². The minimum atomic E-state index is -0.835. The number of carbonyl (C=O) groups excluding carboxylic acids is 1. The molecule has 0 aliphatic rings. The lowest BCUT2D eigenvalue weighted by atomic mass is 9.98. The lowest BCUT2D eigenvalue weighted by Gasteiger charge is -2.21. The van der Waals surface area contributed by atoms with Crippen LogP contribution >= 0.6 is 0 Å². The summed E-state index contributed by atoms with van der Waals surface area (Å²) >= 11 is 0. The predicted octanol–water partition coefficient (Wildman–Crippen LogP) is 2.34. The Morgan fingerprint density at radius 2 is 1.83 bits per heavy atom. The van der Waals surface area contributed by atoms with E-state index >= 15 is 0 Å². The standard InChI is InChI=1S/C18H20F2N2O2/c1-24-11-16(21)18(23)22-17(13-5-3-7-15(20)10-13)9-12-4-2-6-14(19)8-12/h2-8,10,16-17H,9,11,21H2,1H3,(H,22,23). The van der Waals surface area contributed by atoms with Gasteiger partial charge in [0.1, 0.15) is 17.7 Å². The fraction of sp³-hybridized carbons (Fsp3) is 0.278. The van der Waals surface area contributed by atoms with Gasteiger partial charge in [-0.2, -0.15) is 0 Å². The molecule has 0 aliphatic heterocycles. The number of hydrogen-bond acceptors (Lipinski definition) is 3. The Morgan fingerprint density at radius 1 is 1.17 bits per heavy atom. The van der Waals surface area contributed by atoms with Gasteiger partial charge in [-0.25, -0.2) is 8.78 Å². The Balaban J connectivity index is 2.22. The van der Waals surface area contributed by atoms with Crippen LogP contribution < -0.4 is 11.1 Å². The maximum atomic E-state index is 13.5. The van der Waals surface area contributed by atoms with Crippen molar-refractivity contribution in [3.63, 3.8) is 0 Å². The zero-order chi connectivity index (χ0) is 17.5. The van der Waals surface area contributed by atoms with Gasteiger partial charge in [-0.05, 0) is 41.8 Å². The minimum Gasteiger partial charge on any atom is -0.383 e. The van der Waals surface area contributed by atoms with Gasteiger partial charge in [0.2, 0.25) is 5.91 Å². The van der Waals surface area contributed by atoms with Crippen LogP contribution in [0.25, 0.3) is 0 Å². The Hall–Kier alpha value is -2.31. The van der Waals surface area contributed by atoms with Gasteiger partial charge in [0.15, 0.2) is 0 Å². The van der Waals surface area contributed by atoms with Gasteiger partial charge < -0.3 is 15.8 Å². The molecule has 2 rings (SSSR count). The van der Waals surface area contributed by atoms with Crippen LogP contribution in [0.2, 0.25) is 0 Å². The molecular formula is C18H20F2N2O2. The van der Waals surface area contributed by atoms with E-state index in [-0.39, 0.29) is 12.4 Å². The molecule has 0 aliphatic carbocycles. The molecule has 128 valence electrons. The molecule has 4 nitrogen and oxygen atoms in total. The van der Waals surface area contributed by atoms with Crippen molar-refractivity contribution in [3.8, 4) is 0 Å². The van der Waals surface area contributed by atoms with Crippen molar-refractivity contribution < 1.29 is 18.3 Å². The highest BCUT2D eigenvalue weighted by Crippen LogP contribution is 2.20. The fourth-order valence-corrected chi connectivity index (χ4v) is 2.41. The predicted molar refractivity (Wildman–Crippen MR) is 87.2 cm³/mol. The molecule has 24 heavy (non-hydrogen) atoms. The highest BCUT2D eigenvalue weighted by molar-refractivity contribution is 5.82. The first kappa shape index (κ1) is 18.0. The van der Waals surface area contributed by atoms with E-state index in [1.807, 2.05) is 0 Å². The second-order valence-electron chi connectivity index (χ2n) is 5.51. The minimum absolute atomic E-state index is 0.0711. The van der Waals surface area contributed by atoms with Crippen molar-refractivity contribution in [3.05, 3.63) is 71.3 Å². The van der Waals surface area contributed by atoms with Gasteiger partial charge in [0.05, 0.1) is 12.6 Å². The van der Waals surface area contributed by atoms with Gasteiger partial charge in [-0.1, -0.05) is 24.3 Å². The summed E-state index contributed by atoms with van der Waals surface area (Å²) in [6.07, 6.45) is 0.312. The van der Waals surface area contributed by atoms with Crippen LogP contribution in [-0.4, -0.2) is 25.7 Å². The summed E-state index contributed by atoms with van der Waals surface area (Å²) in [4.78, 5) is 12.2. The van der Waals surface area contributed by atoms with Crippen LogP contribution in [0.3, 0.4) is 0 Å². The van der Waals surface area contributed by atoms with Crippen LogP contribution in [0, 0.1) is 11.6 Å². The molecule has 0 radical (unpaired) electrons. The molecule has 0 saturated heterocycles. The topological polar surface area (TPSA) is 64.3 Å². The molecule has 1 amide bonds. The molecule has 6 heteroatoms. The second kappa shape index (κ2) is 8.52. The average Bonchev–Trinajstić information content (AvgIpc) is 2.54. The van der Waals surface area contributed by atoms with Gasteiger partial charge in [-0.3, -0.25) is 4.79 Å². The Labute approximate surface area is 139 Å². The quantitative estimate of drug-likeness (QED) is 0.817. The van der Waals surface area contributed by atoms with E-state index in [0.29, 0.717) is 17.5 Å². The molecule has 0 heterocycles. The summed E-state index contributed by atoms with van der Waals surface area (Å²) in [6.45, 7) is 0.0711. The molecule has 2 unspecified atom stereocenters. The summed E-state index contributed by atoms with van der Waals surface area (Å²) in [7, 11) is 1.45. The zero-order valence-corrected chi connectivity index (χ0v) is 13.3. The van der Waals surface area contributed by atoms with Crippen molar-refractivity contribution in [2.24, 2.45) is 5.73 Å². The monoisotopic (exact) mass is 334 g/mol. The number of hydrogen-bond donors (Lipinski definition) is 2. The normalized spacial score (nSPS) is 13.3. The molecule has 0 fully saturated rings. The van der Waals surface area contributed by atoms with Crippen LogP contribution in [0.4, 0.5) is 8.78 Å². The number of carbonyl (C=O) groups is 1. The summed E-state index contributed by atoms with van der Waals surface area (Å²) in [6, 6.07) is 10.6. The van der Waals surface area contributed by atoms with Gasteiger partial charge in [0, 0.05) is 7.11 Å². The van der Waals surface area contributed by atoms with Crippen LogP contribution in [0.15, 0.2) is 48.5 Å². The Kier molecular flexibility index (Phi) is 6.40. The average molecular weight is 334 g/mol. The molecule has 2 aromatic carbocycles. The SMILES string of the molecule is COCC(N)C(=O)NC(Cc1cccc(F)c1)c1cccc(F)c1. The number of nitrogens with one attached hydrogen (secondary N) is 1. The van der Waals surface area contributed by atoms with Crippen molar-refractivity contribution in [2.45, 2.75) is 18.5 Å². The van der Waals surface area contributed by atoms with Crippen molar-refractivity contribution in [2.75, 3.05) is 13.7 Å². The molecule has 0 spiro atoms. The van der Waals surface area contributed by atoms with Gasteiger partial charge >= 0.3 is 0 Å². The van der Waals surface area contributed by atoms with E-state index in [9.17, 15) is 13.6 Å². The number of amides is 1. The lowest BCUT2D eigenvalue weighted by molar-refractivity contribution is -0.124. The van der Waals surface area contributed by atoms with Crippen molar-refractivity contribution in [1.29, 1.82) is 0 Å². The first-order valence-electron chi connectivity index (χ1n) is 7.54. The lowest BCUT2D eigenvalue weighted by Crippen LogP contribution is -2.45. The summed E-state index contributed by atoms with van der Waals surface area (Å²) in [5.41, 5.74) is 7.00. The molecule has 3 N–H and O–H groups in total. The summed E-state index contributed by atoms with van der Waals surface area (Å²) < 4.78 is 31.8. The zero-order valence-electron chi connectivity index (χ0n) is 13.3. The van der Waals surface area contributed by atoms with E-state index < -0.39 is 23.8 Å². The Bertz CT molecular complexity index is 694. The Morgan fingerprint density at radius 3 is 2.46 bits per heavy atom. The van der Waals surface area contributed by atoms with Crippen molar-refractivity contribution in [1.82, 2.24) is 5.32 Å². The third-order valence-corrected chi connectivity index (χ3v) is 3.58. The number of ether oxygens (including phenoxy) is 1. The number of methoxy groups -OCH3 is 1. The third kappa shape index (κ3) is 5.11. The molecular weight excluding hydrogens is 314 g/mol. The molecule has 0 aromatic heterocycles. The first-order valence-corrected chi connectivity index (χ1v) is 7.54. The maximum Gasteiger partial charge on any atom is 0.239 e. The molecule has 2 atom stereocenters. The maximum absolute atomic E-state index is 13.5. The van der Waals surface area contributed by atoms with E-state index in [0.717, 1.165) is 0 Å².